The Kier molecular flexibility index (Phi) is 5.35. The Labute approximate surface area is 121 Å². The number of nitrogens with two attached hydrogens (primary N) is 1. The summed E-state index contributed by atoms with van der Waals surface area (Å²) >= 11 is 3.18. The molecule has 106 valence electrons. The molecule has 0 spiro atoms. The van der Waals surface area contributed by atoms with Crippen molar-refractivity contribution in [2.45, 2.75) is 44.9 Å². The summed E-state index contributed by atoms with van der Waals surface area (Å²) in [5.41, 5.74) is 5.50. The molecule has 0 amide bonds. The van der Waals surface area contributed by atoms with Crippen LogP contribution in [0.3, 0.4) is 0 Å². The summed E-state index contributed by atoms with van der Waals surface area (Å²) in [7, 11) is 0. The predicted molar refractivity (Wildman–Crippen MR) is 77.6 cm³/mol. The molecule has 0 aliphatic rings. The second-order valence-electron chi connectivity index (χ2n) is 4.69. The number of hydrogen-bond acceptors (Lipinski definition) is 2. The van der Waals surface area contributed by atoms with E-state index >= 15 is 0 Å². The molecule has 0 radical (unpaired) electrons. The summed E-state index contributed by atoms with van der Waals surface area (Å²) in [6, 6.07) is 2.49. The van der Waals surface area contributed by atoms with Gasteiger partial charge in [-0.3, -0.25) is 4.79 Å². The second-order valence-corrected chi connectivity index (χ2v) is 5.55. The topological polar surface area (TPSA) is 63.3 Å². The summed E-state index contributed by atoms with van der Waals surface area (Å²) < 4.78 is 14.0. The van der Waals surface area contributed by atoms with Crippen molar-refractivity contribution >= 4 is 27.6 Å². The van der Waals surface area contributed by atoms with Crippen LogP contribution in [0.4, 0.5) is 10.1 Å². The van der Waals surface area contributed by atoms with E-state index in [0.29, 0.717) is 28.6 Å². The molecule has 1 unspecified atom stereocenters. The van der Waals surface area contributed by atoms with Gasteiger partial charge in [0.05, 0.1) is 11.1 Å². The highest BCUT2D eigenvalue weighted by Crippen LogP contribution is 2.40. The van der Waals surface area contributed by atoms with Crippen molar-refractivity contribution in [1.29, 1.82) is 0 Å². The SMILES string of the molecule is CCCCC(CC)(C(=O)O)c1cc(F)cc(Br)c1N. The second kappa shape index (κ2) is 6.37. The van der Waals surface area contributed by atoms with Gasteiger partial charge in [0.25, 0.3) is 0 Å². The van der Waals surface area contributed by atoms with Gasteiger partial charge in [-0.05, 0) is 46.5 Å². The van der Waals surface area contributed by atoms with Crippen molar-refractivity contribution < 1.29 is 14.3 Å². The fourth-order valence-corrected chi connectivity index (χ4v) is 2.77. The van der Waals surface area contributed by atoms with E-state index in [1.807, 2.05) is 6.92 Å². The third-order valence-electron chi connectivity index (χ3n) is 3.58. The number of carbonyl (C=O) groups is 1. The van der Waals surface area contributed by atoms with E-state index in [-0.39, 0.29) is 0 Å². The molecule has 1 aromatic rings. The maximum atomic E-state index is 13.6. The Bertz CT molecular complexity index is 479. The van der Waals surface area contributed by atoms with Crippen LogP contribution in [0.1, 0.15) is 45.1 Å². The number of carboxylic acid groups (broad SMARTS) is 1. The number of rotatable bonds is 6. The van der Waals surface area contributed by atoms with Crippen LogP contribution >= 0.6 is 15.9 Å². The number of halogens is 2. The number of nitrogen functional groups attached to an aromatic ring is 1. The Morgan fingerprint density at radius 1 is 1.47 bits per heavy atom. The molecule has 0 aromatic heterocycles. The Balaban J connectivity index is 3.43. The summed E-state index contributed by atoms with van der Waals surface area (Å²) in [5.74, 6) is -1.43. The van der Waals surface area contributed by atoms with Crippen molar-refractivity contribution in [2.24, 2.45) is 0 Å². The molecule has 0 fully saturated rings. The van der Waals surface area contributed by atoms with Gasteiger partial charge in [0, 0.05) is 4.47 Å². The molecule has 0 aliphatic heterocycles. The lowest BCUT2D eigenvalue weighted by molar-refractivity contribution is -0.144. The van der Waals surface area contributed by atoms with Gasteiger partial charge < -0.3 is 10.8 Å². The molecule has 0 aliphatic carbocycles. The van der Waals surface area contributed by atoms with Crippen LogP contribution in [0.15, 0.2) is 16.6 Å². The summed E-state index contributed by atoms with van der Waals surface area (Å²) in [6.07, 6.45) is 2.47. The van der Waals surface area contributed by atoms with Crippen molar-refractivity contribution in [1.82, 2.24) is 0 Å². The Morgan fingerprint density at radius 3 is 2.58 bits per heavy atom. The van der Waals surface area contributed by atoms with Crippen LogP contribution in [-0.2, 0) is 10.2 Å². The molecule has 0 heterocycles. The zero-order valence-corrected chi connectivity index (χ0v) is 12.8. The van der Waals surface area contributed by atoms with Crippen molar-refractivity contribution in [3.63, 3.8) is 0 Å². The smallest absolute Gasteiger partial charge is 0.314 e. The first-order valence-electron chi connectivity index (χ1n) is 6.37. The third-order valence-corrected chi connectivity index (χ3v) is 4.24. The highest BCUT2D eigenvalue weighted by molar-refractivity contribution is 9.10. The largest absolute Gasteiger partial charge is 0.481 e. The molecular formula is C14H19BrFNO2. The van der Waals surface area contributed by atoms with Crippen LogP contribution in [0.2, 0.25) is 0 Å². The van der Waals surface area contributed by atoms with E-state index in [4.69, 9.17) is 5.73 Å². The highest BCUT2D eigenvalue weighted by atomic mass is 79.9. The number of carboxylic acids is 1. The first-order chi connectivity index (χ1) is 8.89. The standard InChI is InChI=1S/C14H19BrFNO2/c1-3-5-6-14(4-2,13(18)19)10-7-9(16)8-11(15)12(10)17/h7-8H,3-6,17H2,1-2H3,(H,18,19). The van der Waals surface area contributed by atoms with Crippen molar-refractivity contribution in [2.75, 3.05) is 5.73 Å². The molecule has 19 heavy (non-hydrogen) atoms. The van der Waals surface area contributed by atoms with Gasteiger partial charge >= 0.3 is 5.97 Å². The maximum Gasteiger partial charge on any atom is 0.314 e. The average molecular weight is 332 g/mol. The van der Waals surface area contributed by atoms with Crippen LogP contribution in [0.5, 0.6) is 0 Å². The molecule has 0 bridgehead atoms. The number of hydrogen-bond donors (Lipinski definition) is 2. The third kappa shape index (κ3) is 3.08. The first-order valence-corrected chi connectivity index (χ1v) is 7.16. The fourth-order valence-electron chi connectivity index (χ4n) is 2.33. The molecule has 1 atom stereocenters. The average Bonchev–Trinajstić information content (AvgIpc) is 2.35. The van der Waals surface area contributed by atoms with E-state index in [1.165, 1.54) is 12.1 Å². The van der Waals surface area contributed by atoms with E-state index < -0.39 is 17.2 Å². The van der Waals surface area contributed by atoms with Gasteiger partial charge in [0.15, 0.2) is 0 Å². The first kappa shape index (κ1) is 16.0. The Morgan fingerprint density at radius 2 is 2.11 bits per heavy atom. The summed E-state index contributed by atoms with van der Waals surface area (Å²) in [6.45, 7) is 3.79. The molecule has 0 saturated heterocycles. The van der Waals surface area contributed by atoms with Gasteiger partial charge in [-0.25, -0.2) is 4.39 Å². The van der Waals surface area contributed by atoms with Gasteiger partial charge in [-0.2, -0.15) is 0 Å². The quantitative estimate of drug-likeness (QED) is 0.771. The lowest BCUT2D eigenvalue weighted by atomic mass is 9.73. The van der Waals surface area contributed by atoms with Crippen LogP contribution in [0, 0.1) is 5.82 Å². The van der Waals surface area contributed by atoms with E-state index in [1.54, 1.807) is 6.92 Å². The monoisotopic (exact) mass is 331 g/mol. The molecule has 3 nitrogen and oxygen atoms in total. The minimum absolute atomic E-state index is 0.307. The number of unbranched alkanes of at least 4 members (excludes halogenated alkanes) is 1. The molecule has 5 heteroatoms. The minimum atomic E-state index is -1.12. The molecule has 3 N–H and O–H groups in total. The zero-order valence-electron chi connectivity index (χ0n) is 11.2. The zero-order chi connectivity index (χ0) is 14.6. The van der Waals surface area contributed by atoms with Gasteiger partial charge in [0.2, 0.25) is 0 Å². The molecular weight excluding hydrogens is 313 g/mol. The van der Waals surface area contributed by atoms with Crippen LogP contribution in [-0.4, -0.2) is 11.1 Å². The summed E-state index contributed by atoms with van der Waals surface area (Å²) in [4.78, 5) is 11.7. The normalized spacial score (nSPS) is 14.1. The van der Waals surface area contributed by atoms with E-state index in [2.05, 4.69) is 15.9 Å². The fraction of sp³-hybridized carbons (Fsp3) is 0.500. The predicted octanol–water partition coefficient (Wildman–Crippen LogP) is 4.09. The van der Waals surface area contributed by atoms with Crippen molar-refractivity contribution in [3.8, 4) is 0 Å². The Hall–Kier alpha value is -1.10. The van der Waals surface area contributed by atoms with Crippen LogP contribution < -0.4 is 5.73 Å². The number of benzene rings is 1. The lowest BCUT2D eigenvalue weighted by Crippen LogP contribution is -2.36. The van der Waals surface area contributed by atoms with E-state index in [9.17, 15) is 14.3 Å². The highest BCUT2D eigenvalue weighted by Gasteiger charge is 2.40. The molecule has 1 rings (SSSR count). The van der Waals surface area contributed by atoms with Gasteiger partial charge in [-0.1, -0.05) is 26.7 Å². The van der Waals surface area contributed by atoms with Gasteiger partial charge in [0.1, 0.15) is 5.82 Å². The van der Waals surface area contributed by atoms with Crippen molar-refractivity contribution in [3.05, 3.63) is 28.0 Å². The summed E-state index contributed by atoms with van der Waals surface area (Å²) in [5, 5.41) is 9.62. The number of aliphatic carboxylic acids is 1. The van der Waals surface area contributed by atoms with Crippen LogP contribution in [0.25, 0.3) is 0 Å². The van der Waals surface area contributed by atoms with E-state index in [0.717, 1.165) is 12.8 Å². The molecule has 0 saturated carbocycles. The molecule has 1 aromatic carbocycles. The number of anilines is 1. The maximum absolute atomic E-state index is 13.6. The van der Waals surface area contributed by atoms with Gasteiger partial charge in [-0.15, -0.1) is 0 Å². The lowest BCUT2D eigenvalue weighted by Gasteiger charge is -2.30. The minimum Gasteiger partial charge on any atom is -0.481 e.